The molecule has 1 atom stereocenters. The minimum Gasteiger partial charge on any atom is -0.324 e. The summed E-state index contributed by atoms with van der Waals surface area (Å²) in [7, 11) is -3.71. The highest BCUT2D eigenvalue weighted by Crippen LogP contribution is 2.28. The van der Waals surface area contributed by atoms with Crippen molar-refractivity contribution < 1.29 is 8.42 Å². The molecule has 2 rings (SSSR count). The molecule has 0 spiro atoms. The van der Waals surface area contributed by atoms with Crippen LogP contribution in [-0.4, -0.2) is 8.42 Å². The third-order valence-electron chi connectivity index (χ3n) is 2.87. The van der Waals surface area contributed by atoms with Gasteiger partial charge in [-0.25, -0.2) is 8.42 Å². The third-order valence-corrected chi connectivity index (χ3v) is 5.04. The molecule has 0 aliphatic heterocycles. The van der Waals surface area contributed by atoms with Crippen molar-refractivity contribution in [1.82, 2.24) is 0 Å². The van der Waals surface area contributed by atoms with Crippen LogP contribution in [0.1, 0.15) is 18.5 Å². The summed E-state index contributed by atoms with van der Waals surface area (Å²) in [4.78, 5) is 0.149. The second kappa shape index (κ2) is 6.36. The number of nitrogens with one attached hydrogen (secondary N) is 1. The number of halogens is 2. The average molecular weight is 390 g/mol. The Labute approximate surface area is 137 Å². The Balaban J connectivity index is 2.36. The summed E-state index contributed by atoms with van der Waals surface area (Å²) in [5.74, 6) is 0. The van der Waals surface area contributed by atoms with Crippen LogP contribution in [0.2, 0.25) is 5.02 Å². The number of nitrogens with two attached hydrogens (primary N) is 1. The first-order valence-corrected chi connectivity index (χ1v) is 8.78. The van der Waals surface area contributed by atoms with E-state index in [4.69, 9.17) is 17.3 Å². The van der Waals surface area contributed by atoms with E-state index in [1.165, 1.54) is 6.07 Å². The summed E-state index contributed by atoms with van der Waals surface area (Å²) in [5, 5.41) is 0.316. The van der Waals surface area contributed by atoms with E-state index in [0.717, 1.165) is 10.0 Å². The predicted molar refractivity (Wildman–Crippen MR) is 89.0 cm³/mol. The highest BCUT2D eigenvalue weighted by Gasteiger charge is 2.16. The van der Waals surface area contributed by atoms with Gasteiger partial charge in [-0.3, -0.25) is 4.72 Å². The SMILES string of the molecule is CC(N)c1cccc(S(=O)(=O)Nc2ccc(Br)cc2Cl)c1. The first kappa shape index (κ1) is 16.3. The Morgan fingerprint density at radius 3 is 2.57 bits per heavy atom. The number of benzene rings is 2. The molecule has 21 heavy (non-hydrogen) atoms. The normalized spacial score (nSPS) is 13.0. The van der Waals surface area contributed by atoms with Crippen molar-refractivity contribution in [3.63, 3.8) is 0 Å². The zero-order chi connectivity index (χ0) is 15.6. The molecule has 0 radical (unpaired) electrons. The van der Waals surface area contributed by atoms with Gasteiger partial charge < -0.3 is 5.73 Å². The Hall–Kier alpha value is -1.08. The van der Waals surface area contributed by atoms with Gasteiger partial charge in [0.1, 0.15) is 0 Å². The maximum atomic E-state index is 12.4. The molecule has 0 amide bonds. The predicted octanol–water partition coefficient (Wildman–Crippen LogP) is 3.92. The van der Waals surface area contributed by atoms with Gasteiger partial charge in [-0.2, -0.15) is 0 Å². The van der Waals surface area contributed by atoms with Crippen LogP contribution in [0.4, 0.5) is 5.69 Å². The topological polar surface area (TPSA) is 72.2 Å². The first-order valence-electron chi connectivity index (χ1n) is 6.13. The van der Waals surface area contributed by atoms with Crippen molar-refractivity contribution in [2.24, 2.45) is 5.73 Å². The Bertz CT molecular complexity index is 763. The van der Waals surface area contributed by atoms with E-state index >= 15 is 0 Å². The molecule has 0 aliphatic rings. The number of rotatable bonds is 4. The van der Waals surface area contributed by atoms with Crippen LogP contribution in [0.25, 0.3) is 0 Å². The zero-order valence-corrected chi connectivity index (χ0v) is 14.3. The van der Waals surface area contributed by atoms with Crippen molar-refractivity contribution in [3.8, 4) is 0 Å². The monoisotopic (exact) mass is 388 g/mol. The lowest BCUT2D eigenvalue weighted by Gasteiger charge is -2.12. The van der Waals surface area contributed by atoms with Crippen molar-refractivity contribution >= 4 is 43.2 Å². The molecule has 0 fully saturated rings. The van der Waals surface area contributed by atoms with Gasteiger partial charge >= 0.3 is 0 Å². The highest BCUT2D eigenvalue weighted by molar-refractivity contribution is 9.10. The molecular formula is C14H14BrClN2O2S. The molecule has 4 nitrogen and oxygen atoms in total. The van der Waals surface area contributed by atoms with Gasteiger partial charge in [-0.1, -0.05) is 39.7 Å². The van der Waals surface area contributed by atoms with Crippen LogP contribution >= 0.6 is 27.5 Å². The van der Waals surface area contributed by atoms with Crippen molar-refractivity contribution in [2.45, 2.75) is 17.9 Å². The minimum atomic E-state index is -3.71. The Morgan fingerprint density at radius 1 is 1.24 bits per heavy atom. The van der Waals surface area contributed by atoms with E-state index in [9.17, 15) is 8.42 Å². The van der Waals surface area contributed by atoms with E-state index in [1.807, 2.05) is 0 Å². The Kier molecular flexibility index (Phi) is 4.93. The summed E-state index contributed by atoms with van der Waals surface area (Å²) < 4.78 is 28.0. The van der Waals surface area contributed by atoms with Crippen LogP contribution in [0, 0.1) is 0 Å². The maximum Gasteiger partial charge on any atom is 0.261 e. The van der Waals surface area contributed by atoms with Crippen LogP contribution < -0.4 is 10.5 Å². The van der Waals surface area contributed by atoms with E-state index in [2.05, 4.69) is 20.7 Å². The maximum absolute atomic E-state index is 12.4. The number of hydrogen-bond donors (Lipinski definition) is 2. The molecule has 7 heteroatoms. The van der Waals surface area contributed by atoms with Gasteiger partial charge in [0.2, 0.25) is 0 Å². The van der Waals surface area contributed by atoms with Crippen molar-refractivity contribution in [3.05, 3.63) is 57.5 Å². The fourth-order valence-corrected chi connectivity index (χ4v) is 3.65. The molecule has 0 bridgehead atoms. The van der Waals surface area contributed by atoms with Gasteiger partial charge in [-0.15, -0.1) is 0 Å². The number of hydrogen-bond acceptors (Lipinski definition) is 3. The molecule has 112 valence electrons. The molecule has 0 heterocycles. The first-order chi connectivity index (χ1) is 9.79. The van der Waals surface area contributed by atoms with E-state index in [-0.39, 0.29) is 10.9 Å². The smallest absolute Gasteiger partial charge is 0.261 e. The fourth-order valence-electron chi connectivity index (χ4n) is 1.74. The van der Waals surface area contributed by atoms with Crippen LogP contribution in [0.3, 0.4) is 0 Å². The molecule has 2 aromatic carbocycles. The van der Waals surface area contributed by atoms with Gasteiger partial charge in [0, 0.05) is 10.5 Å². The average Bonchev–Trinajstić information content (AvgIpc) is 2.42. The summed E-state index contributed by atoms with van der Waals surface area (Å²) in [5.41, 5.74) is 6.85. The van der Waals surface area contributed by atoms with Crippen molar-refractivity contribution in [2.75, 3.05) is 4.72 Å². The molecule has 0 saturated carbocycles. The van der Waals surface area contributed by atoms with E-state index in [1.54, 1.807) is 43.3 Å². The molecule has 2 aromatic rings. The molecule has 0 saturated heterocycles. The highest BCUT2D eigenvalue weighted by atomic mass is 79.9. The van der Waals surface area contributed by atoms with E-state index < -0.39 is 10.0 Å². The van der Waals surface area contributed by atoms with Crippen LogP contribution in [0.5, 0.6) is 0 Å². The van der Waals surface area contributed by atoms with Crippen LogP contribution in [0.15, 0.2) is 51.8 Å². The fraction of sp³-hybridized carbons (Fsp3) is 0.143. The summed E-state index contributed by atoms with van der Waals surface area (Å²) in [6.07, 6.45) is 0. The zero-order valence-electron chi connectivity index (χ0n) is 11.2. The lowest BCUT2D eigenvalue weighted by atomic mass is 10.1. The summed E-state index contributed by atoms with van der Waals surface area (Å²) in [6.45, 7) is 1.80. The molecular weight excluding hydrogens is 376 g/mol. The van der Waals surface area contributed by atoms with Gasteiger partial charge in [0.25, 0.3) is 10.0 Å². The lowest BCUT2D eigenvalue weighted by Crippen LogP contribution is -2.14. The molecule has 0 aromatic heterocycles. The van der Waals surface area contributed by atoms with Gasteiger partial charge in [-0.05, 0) is 42.8 Å². The molecule has 0 aliphatic carbocycles. The number of anilines is 1. The standard InChI is InChI=1S/C14H14BrClN2O2S/c1-9(17)10-3-2-4-12(7-10)21(19,20)18-14-6-5-11(15)8-13(14)16/h2-9,18H,17H2,1H3. The quantitative estimate of drug-likeness (QED) is 0.832. The summed E-state index contributed by atoms with van der Waals surface area (Å²) in [6, 6.07) is 11.2. The molecule has 1 unspecified atom stereocenters. The van der Waals surface area contributed by atoms with Crippen molar-refractivity contribution in [1.29, 1.82) is 0 Å². The Morgan fingerprint density at radius 2 is 1.95 bits per heavy atom. The molecule has 3 N–H and O–H groups in total. The van der Waals surface area contributed by atoms with Crippen LogP contribution in [-0.2, 0) is 10.0 Å². The summed E-state index contributed by atoms with van der Waals surface area (Å²) >= 11 is 9.30. The lowest BCUT2D eigenvalue weighted by molar-refractivity contribution is 0.601. The number of sulfonamides is 1. The van der Waals surface area contributed by atoms with E-state index in [0.29, 0.717) is 10.7 Å². The van der Waals surface area contributed by atoms with Gasteiger partial charge in [0.15, 0.2) is 0 Å². The van der Waals surface area contributed by atoms with Gasteiger partial charge in [0.05, 0.1) is 15.6 Å². The second-order valence-corrected chi connectivity index (χ2v) is 7.60. The third kappa shape index (κ3) is 3.97. The minimum absolute atomic E-state index is 0.149. The largest absolute Gasteiger partial charge is 0.324 e. The second-order valence-electron chi connectivity index (χ2n) is 4.59.